The Labute approximate surface area is 261 Å². The van der Waals surface area contributed by atoms with Gasteiger partial charge in [-0.05, 0) is 79.1 Å². The fourth-order valence-electron chi connectivity index (χ4n) is 6.80. The maximum absolute atomic E-state index is 13.8. The number of alkyl halides is 6. The molecule has 0 bridgehead atoms. The number of ether oxygens (including phenoxy) is 1. The Kier molecular flexibility index (Phi) is 8.91. The van der Waals surface area contributed by atoms with E-state index < -0.39 is 58.7 Å². The molecule has 0 aromatic heterocycles. The topological polar surface area (TPSA) is 66.8 Å². The number of aromatic hydroxyl groups is 1. The Bertz CT molecular complexity index is 1550. The molecule has 2 saturated heterocycles. The summed E-state index contributed by atoms with van der Waals surface area (Å²) in [5, 5.41) is 10.1. The van der Waals surface area contributed by atoms with Crippen LogP contribution < -0.4 is 4.90 Å². The van der Waals surface area contributed by atoms with Gasteiger partial charge >= 0.3 is 12.4 Å². The van der Waals surface area contributed by atoms with Gasteiger partial charge in [0.1, 0.15) is 5.75 Å². The molecular weight excluding hydrogens is 624 g/mol. The number of fused-ring (bicyclic) bond motifs is 3. The Morgan fingerprint density at radius 1 is 1.02 bits per heavy atom. The number of phenolic OH excluding ortho intramolecular Hbond substituents is 1. The molecule has 2 amide bonds. The number of allylic oxidation sites excluding steroid dienone is 2. The van der Waals surface area contributed by atoms with Crippen LogP contribution in [0.15, 0.2) is 53.1 Å². The van der Waals surface area contributed by atoms with E-state index in [-0.39, 0.29) is 36.9 Å². The lowest BCUT2D eigenvalue weighted by Crippen LogP contribution is -2.35. The molecule has 3 aliphatic rings. The summed E-state index contributed by atoms with van der Waals surface area (Å²) in [5.41, 5.74) is -0.293. The second-order valence-corrected chi connectivity index (χ2v) is 12.5. The summed E-state index contributed by atoms with van der Waals surface area (Å²) in [6.07, 6.45) is -6.61. The minimum Gasteiger partial charge on any atom is -0.508 e. The summed E-state index contributed by atoms with van der Waals surface area (Å²) in [6.45, 7) is 5.99. The van der Waals surface area contributed by atoms with Crippen LogP contribution >= 0.6 is 11.6 Å². The highest BCUT2D eigenvalue weighted by atomic mass is 35.5. The Balaban J connectivity index is 1.44. The molecular formula is C33H32ClF6NO4. The van der Waals surface area contributed by atoms with Gasteiger partial charge in [0.05, 0.1) is 46.4 Å². The van der Waals surface area contributed by atoms with Gasteiger partial charge in [-0.2, -0.15) is 26.3 Å². The molecule has 0 saturated carbocycles. The first-order chi connectivity index (χ1) is 21.0. The van der Waals surface area contributed by atoms with Crippen LogP contribution in [0.25, 0.3) is 6.08 Å². The standard InChI is InChI=1S/C33H32ClF6NO4/c1-4-17(9-18-6-7-22(42)13-26(18)34)5-8-27-28-23(16(2)3)14-24-29(25(28)15-45-27)31(44)41(30(24)43)21-11-19(32(35,36)37)10-20(12-21)33(38,39)40/h6-7,9-13,16,24-25,27,29,42H,4-5,8,14-15H2,1-3H3/b17-9+/t24-,25+,27-,29-/m1/s1. The molecule has 4 atom stereocenters. The van der Waals surface area contributed by atoms with Crippen LogP contribution in [0.1, 0.15) is 63.1 Å². The van der Waals surface area contributed by atoms with Crippen LogP contribution in [-0.2, 0) is 26.7 Å². The average Bonchev–Trinajstić information content (AvgIpc) is 3.48. The second-order valence-electron chi connectivity index (χ2n) is 12.1. The number of hydrogen-bond donors (Lipinski definition) is 1. The molecule has 2 aromatic rings. The van der Waals surface area contributed by atoms with E-state index in [4.69, 9.17) is 16.3 Å². The molecule has 2 aromatic carbocycles. The number of imide groups is 1. The molecule has 0 unspecified atom stereocenters. The summed E-state index contributed by atoms with van der Waals surface area (Å²) >= 11 is 6.29. The minimum absolute atomic E-state index is 0.0257. The van der Waals surface area contributed by atoms with Crippen molar-refractivity contribution in [3.05, 3.63) is 74.8 Å². The van der Waals surface area contributed by atoms with E-state index in [1.807, 2.05) is 26.8 Å². The van der Waals surface area contributed by atoms with Gasteiger partial charge in [0.15, 0.2) is 0 Å². The van der Waals surface area contributed by atoms with Gasteiger partial charge in [0, 0.05) is 5.92 Å². The van der Waals surface area contributed by atoms with Gasteiger partial charge in [-0.15, -0.1) is 0 Å². The van der Waals surface area contributed by atoms with Gasteiger partial charge in [0.25, 0.3) is 0 Å². The molecule has 0 spiro atoms. The molecule has 12 heteroatoms. The van der Waals surface area contributed by atoms with Gasteiger partial charge in [-0.25, -0.2) is 4.90 Å². The zero-order valence-corrected chi connectivity index (χ0v) is 25.5. The lowest BCUT2D eigenvalue weighted by atomic mass is 9.67. The molecule has 45 heavy (non-hydrogen) atoms. The number of hydrogen-bond acceptors (Lipinski definition) is 4. The SMILES string of the molecule is CC/C(=C\c1ccc(O)cc1Cl)CC[C@H]1OC[C@H]2C1=C(C(C)C)C[C@H]1C(=O)N(c3cc(C(F)(F)F)cc(C(F)(F)F)c3)C(=O)[C@H]12. The van der Waals surface area contributed by atoms with Crippen LogP contribution in [0, 0.1) is 23.7 Å². The summed E-state index contributed by atoms with van der Waals surface area (Å²) in [5.74, 6) is -4.01. The quantitative estimate of drug-likeness (QED) is 0.184. The van der Waals surface area contributed by atoms with Crippen molar-refractivity contribution in [1.29, 1.82) is 0 Å². The lowest BCUT2D eigenvalue weighted by Gasteiger charge is -2.33. The first-order valence-electron chi connectivity index (χ1n) is 14.7. The van der Waals surface area contributed by atoms with Gasteiger partial charge in [0.2, 0.25) is 11.8 Å². The van der Waals surface area contributed by atoms with Gasteiger partial charge < -0.3 is 9.84 Å². The molecule has 1 aliphatic carbocycles. The van der Waals surface area contributed by atoms with Crippen molar-refractivity contribution in [2.45, 2.75) is 64.9 Å². The molecule has 5 nitrogen and oxygen atoms in total. The van der Waals surface area contributed by atoms with Crippen molar-refractivity contribution in [1.82, 2.24) is 0 Å². The van der Waals surface area contributed by atoms with E-state index >= 15 is 0 Å². The van der Waals surface area contributed by atoms with Crippen LogP contribution in [0.4, 0.5) is 32.0 Å². The van der Waals surface area contributed by atoms with Crippen LogP contribution in [0.3, 0.4) is 0 Å². The van der Waals surface area contributed by atoms with E-state index in [2.05, 4.69) is 0 Å². The number of rotatable bonds is 7. The van der Waals surface area contributed by atoms with Crippen molar-refractivity contribution in [2.75, 3.05) is 11.5 Å². The average molecular weight is 656 g/mol. The van der Waals surface area contributed by atoms with Crippen molar-refractivity contribution in [2.24, 2.45) is 23.7 Å². The van der Waals surface area contributed by atoms with Crippen molar-refractivity contribution < 1.29 is 45.8 Å². The molecule has 2 fully saturated rings. The molecule has 0 radical (unpaired) electrons. The Morgan fingerprint density at radius 3 is 2.22 bits per heavy atom. The predicted molar refractivity (Wildman–Crippen MR) is 156 cm³/mol. The molecule has 2 heterocycles. The molecule has 5 rings (SSSR count). The zero-order valence-electron chi connectivity index (χ0n) is 24.7. The predicted octanol–water partition coefficient (Wildman–Crippen LogP) is 8.83. The first kappa shape index (κ1) is 33.1. The fraction of sp³-hybridized carbons (Fsp3) is 0.455. The number of nitrogens with zero attached hydrogens (tertiary/aromatic N) is 1. The number of carbonyl (C=O) groups is 2. The largest absolute Gasteiger partial charge is 0.508 e. The van der Waals surface area contributed by atoms with Crippen LogP contribution in [0.2, 0.25) is 5.02 Å². The highest BCUT2D eigenvalue weighted by Crippen LogP contribution is 2.52. The third-order valence-electron chi connectivity index (χ3n) is 9.00. The zero-order chi connectivity index (χ0) is 33.0. The summed E-state index contributed by atoms with van der Waals surface area (Å²) in [7, 11) is 0. The summed E-state index contributed by atoms with van der Waals surface area (Å²) in [6, 6.07) is 5.53. The number of phenols is 1. The lowest BCUT2D eigenvalue weighted by molar-refractivity contribution is -0.143. The number of carbonyl (C=O) groups excluding carboxylic acids is 2. The molecule has 242 valence electrons. The normalized spacial score (nSPS) is 24.2. The smallest absolute Gasteiger partial charge is 0.416 e. The highest BCUT2D eigenvalue weighted by molar-refractivity contribution is 6.32. The van der Waals surface area contributed by atoms with Crippen LogP contribution in [-0.4, -0.2) is 29.6 Å². The minimum atomic E-state index is -5.12. The van der Waals surface area contributed by atoms with Crippen molar-refractivity contribution >= 4 is 35.2 Å². The maximum atomic E-state index is 13.8. The summed E-state index contributed by atoms with van der Waals surface area (Å²) < 4.78 is 87.7. The van der Waals surface area contributed by atoms with Crippen molar-refractivity contribution in [3.8, 4) is 5.75 Å². The second kappa shape index (κ2) is 12.1. The van der Waals surface area contributed by atoms with Crippen molar-refractivity contribution in [3.63, 3.8) is 0 Å². The molecule has 1 N–H and O–H groups in total. The first-order valence-corrected chi connectivity index (χ1v) is 15.1. The molecule has 2 aliphatic heterocycles. The number of benzene rings is 2. The van der Waals surface area contributed by atoms with Gasteiger partial charge in [-0.3, -0.25) is 9.59 Å². The van der Waals surface area contributed by atoms with E-state index in [1.54, 1.807) is 12.1 Å². The van der Waals surface area contributed by atoms with Crippen LogP contribution in [0.5, 0.6) is 5.75 Å². The van der Waals surface area contributed by atoms with E-state index in [0.29, 0.717) is 41.3 Å². The summed E-state index contributed by atoms with van der Waals surface area (Å²) in [4.78, 5) is 27.9. The Morgan fingerprint density at radius 2 is 1.67 bits per heavy atom. The fourth-order valence-corrected chi connectivity index (χ4v) is 7.03. The van der Waals surface area contributed by atoms with Gasteiger partial charge in [-0.1, -0.05) is 49.6 Å². The number of halogens is 7. The van der Waals surface area contributed by atoms with E-state index in [1.165, 1.54) is 6.07 Å². The van der Waals surface area contributed by atoms with E-state index in [0.717, 1.165) is 22.3 Å². The number of amides is 2. The number of anilines is 1. The van der Waals surface area contributed by atoms with E-state index in [9.17, 15) is 41.0 Å². The monoisotopic (exact) mass is 655 g/mol. The maximum Gasteiger partial charge on any atom is 0.416 e. The highest BCUT2D eigenvalue weighted by Gasteiger charge is 2.58. The Hall–Kier alpha value is -3.31. The third-order valence-corrected chi connectivity index (χ3v) is 9.32. The third kappa shape index (κ3) is 6.38.